The zero-order chi connectivity index (χ0) is 22.1. The zero-order valence-corrected chi connectivity index (χ0v) is 18.9. The lowest BCUT2D eigenvalue weighted by Crippen LogP contribution is -2.18. The second kappa shape index (κ2) is 8.63. The Morgan fingerprint density at radius 2 is 1.77 bits per heavy atom. The van der Waals surface area contributed by atoms with Crippen molar-refractivity contribution in [3.8, 4) is 5.69 Å². The molecular formula is C21H24N4O3S2. The first kappa shape index (κ1) is 22.1. The molecule has 0 bridgehead atoms. The van der Waals surface area contributed by atoms with Crippen LogP contribution in [0.3, 0.4) is 0 Å². The summed E-state index contributed by atoms with van der Waals surface area (Å²) in [6, 6.07) is 9.10. The standard InChI is InChI=1S/C21H24N4O3S2/c1-13-7-14(2)9-17(8-13)25-6-5-23-21(25)29-12-20(26)24-19-11-18(30(22,27)28)10-15(3)16(19)4/h5-11H,12H2,1-4H3,(H,24,26)(H2,22,27,28). The maximum atomic E-state index is 12.5. The Hall–Kier alpha value is -2.62. The molecule has 0 aliphatic heterocycles. The van der Waals surface area contributed by atoms with E-state index >= 15 is 0 Å². The summed E-state index contributed by atoms with van der Waals surface area (Å²) in [5.41, 5.74) is 5.23. The van der Waals surface area contributed by atoms with Gasteiger partial charge >= 0.3 is 0 Å². The molecule has 0 spiro atoms. The molecule has 2 aromatic carbocycles. The van der Waals surface area contributed by atoms with Crippen LogP contribution in [0.4, 0.5) is 5.69 Å². The van der Waals surface area contributed by atoms with Crippen molar-refractivity contribution < 1.29 is 13.2 Å². The molecule has 3 aromatic rings. The van der Waals surface area contributed by atoms with Gasteiger partial charge in [-0.25, -0.2) is 18.5 Å². The molecule has 1 aromatic heterocycles. The number of nitrogens with zero attached hydrogens (tertiary/aromatic N) is 2. The third-order valence-corrected chi connectivity index (χ3v) is 6.53. The van der Waals surface area contributed by atoms with Gasteiger partial charge in [-0.05, 0) is 74.2 Å². The lowest BCUT2D eigenvalue weighted by Gasteiger charge is -2.13. The van der Waals surface area contributed by atoms with Gasteiger partial charge in [-0.2, -0.15) is 0 Å². The Morgan fingerprint density at radius 3 is 2.40 bits per heavy atom. The Morgan fingerprint density at radius 1 is 1.10 bits per heavy atom. The predicted molar refractivity (Wildman–Crippen MR) is 120 cm³/mol. The molecule has 7 nitrogen and oxygen atoms in total. The number of nitrogens with two attached hydrogens (primary N) is 1. The molecule has 3 rings (SSSR count). The van der Waals surface area contributed by atoms with Gasteiger partial charge in [0.05, 0.1) is 10.6 Å². The smallest absolute Gasteiger partial charge is 0.238 e. The van der Waals surface area contributed by atoms with Crippen molar-refractivity contribution in [1.82, 2.24) is 9.55 Å². The summed E-state index contributed by atoms with van der Waals surface area (Å²) in [5.74, 6) is -0.135. The van der Waals surface area contributed by atoms with E-state index in [2.05, 4.69) is 28.5 Å². The van der Waals surface area contributed by atoms with Gasteiger partial charge in [0.2, 0.25) is 15.9 Å². The number of anilines is 1. The third kappa shape index (κ3) is 5.10. The van der Waals surface area contributed by atoms with Crippen molar-refractivity contribution in [3.63, 3.8) is 0 Å². The van der Waals surface area contributed by atoms with Crippen LogP contribution in [-0.4, -0.2) is 29.6 Å². The minimum Gasteiger partial charge on any atom is -0.325 e. The summed E-state index contributed by atoms with van der Waals surface area (Å²) in [5, 5.41) is 8.72. The minimum atomic E-state index is -3.86. The number of hydrogen-bond acceptors (Lipinski definition) is 5. The van der Waals surface area contributed by atoms with E-state index in [4.69, 9.17) is 5.14 Å². The van der Waals surface area contributed by atoms with E-state index in [0.29, 0.717) is 10.8 Å². The zero-order valence-electron chi connectivity index (χ0n) is 17.3. The molecule has 30 heavy (non-hydrogen) atoms. The fourth-order valence-corrected chi connectivity index (χ4v) is 4.52. The number of sulfonamides is 1. The van der Waals surface area contributed by atoms with E-state index in [-0.39, 0.29) is 16.6 Å². The van der Waals surface area contributed by atoms with Crippen LogP contribution in [0.25, 0.3) is 5.69 Å². The van der Waals surface area contributed by atoms with Crippen molar-refractivity contribution in [2.75, 3.05) is 11.1 Å². The van der Waals surface area contributed by atoms with Crippen LogP contribution < -0.4 is 10.5 Å². The van der Waals surface area contributed by atoms with Gasteiger partial charge in [-0.1, -0.05) is 17.8 Å². The van der Waals surface area contributed by atoms with E-state index in [1.165, 1.54) is 23.9 Å². The monoisotopic (exact) mass is 444 g/mol. The van der Waals surface area contributed by atoms with Crippen molar-refractivity contribution in [2.45, 2.75) is 37.7 Å². The maximum Gasteiger partial charge on any atom is 0.238 e. The summed E-state index contributed by atoms with van der Waals surface area (Å²) in [6.45, 7) is 7.66. The lowest BCUT2D eigenvalue weighted by molar-refractivity contribution is -0.113. The van der Waals surface area contributed by atoms with Crippen LogP contribution in [0.1, 0.15) is 22.3 Å². The van der Waals surface area contributed by atoms with Gasteiger partial charge in [-0.15, -0.1) is 0 Å². The molecule has 3 N–H and O–H groups in total. The number of nitrogens with one attached hydrogen (secondary N) is 1. The molecule has 0 saturated carbocycles. The van der Waals surface area contributed by atoms with E-state index in [9.17, 15) is 13.2 Å². The summed E-state index contributed by atoms with van der Waals surface area (Å²) in [7, 11) is -3.86. The first-order valence-corrected chi connectivity index (χ1v) is 11.8. The molecule has 0 atom stereocenters. The van der Waals surface area contributed by atoms with Gasteiger partial charge in [0, 0.05) is 23.8 Å². The van der Waals surface area contributed by atoms with Crippen LogP contribution >= 0.6 is 11.8 Å². The summed E-state index contributed by atoms with van der Waals surface area (Å²) in [6.07, 6.45) is 3.55. The first-order chi connectivity index (χ1) is 14.0. The van der Waals surface area contributed by atoms with Crippen molar-refractivity contribution in [1.29, 1.82) is 0 Å². The molecule has 0 fully saturated rings. The second-order valence-electron chi connectivity index (χ2n) is 7.22. The van der Waals surface area contributed by atoms with Crippen LogP contribution in [-0.2, 0) is 14.8 Å². The van der Waals surface area contributed by atoms with E-state index in [1.807, 2.05) is 31.5 Å². The number of imidazole rings is 1. The lowest BCUT2D eigenvalue weighted by atomic mass is 10.1. The number of aromatic nitrogens is 2. The highest BCUT2D eigenvalue weighted by molar-refractivity contribution is 7.99. The molecule has 1 heterocycles. The normalized spacial score (nSPS) is 11.5. The Kier molecular flexibility index (Phi) is 6.35. The Labute approximate surface area is 180 Å². The number of carbonyl (C=O) groups is 1. The number of thioether (sulfide) groups is 1. The average molecular weight is 445 g/mol. The summed E-state index contributed by atoms with van der Waals surface area (Å²) in [4.78, 5) is 16.9. The molecule has 0 radical (unpaired) electrons. The van der Waals surface area contributed by atoms with Gasteiger partial charge in [0.25, 0.3) is 0 Å². The number of rotatable bonds is 6. The Balaban J connectivity index is 1.75. The van der Waals surface area contributed by atoms with Crippen LogP contribution in [0.15, 0.2) is 52.8 Å². The highest BCUT2D eigenvalue weighted by atomic mass is 32.2. The SMILES string of the molecule is Cc1cc(C)cc(-n2ccnc2SCC(=O)Nc2cc(S(N)(=O)=O)cc(C)c2C)c1. The molecular weight excluding hydrogens is 420 g/mol. The van der Waals surface area contributed by atoms with Crippen molar-refractivity contribution in [3.05, 3.63) is 65.0 Å². The fourth-order valence-electron chi connectivity index (χ4n) is 3.12. The number of hydrogen-bond donors (Lipinski definition) is 2. The second-order valence-corrected chi connectivity index (χ2v) is 9.72. The predicted octanol–water partition coefficient (Wildman–Crippen LogP) is 3.48. The number of benzene rings is 2. The fraction of sp³-hybridized carbons (Fsp3) is 0.238. The van der Waals surface area contributed by atoms with Crippen molar-refractivity contribution in [2.24, 2.45) is 5.14 Å². The van der Waals surface area contributed by atoms with Crippen molar-refractivity contribution >= 4 is 33.4 Å². The molecule has 0 aliphatic carbocycles. The van der Waals surface area contributed by atoms with Crippen LogP contribution in [0.5, 0.6) is 0 Å². The van der Waals surface area contributed by atoms with E-state index < -0.39 is 10.0 Å². The molecule has 0 saturated heterocycles. The van der Waals surface area contributed by atoms with Gasteiger partial charge in [0.15, 0.2) is 5.16 Å². The quantitative estimate of drug-likeness (QED) is 0.566. The summed E-state index contributed by atoms with van der Waals surface area (Å²) >= 11 is 1.30. The van der Waals surface area contributed by atoms with E-state index in [1.54, 1.807) is 13.1 Å². The molecule has 9 heteroatoms. The molecule has 0 aliphatic rings. The minimum absolute atomic E-state index is 0.0288. The number of primary sulfonamides is 1. The van der Waals surface area contributed by atoms with Gasteiger partial charge < -0.3 is 5.32 Å². The van der Waals surface area contributed by atoms with Gasteiger partial charge in [-0.3, -0.25) is 9.36 Å². The topological polar surface area (TPSA) is 107 Å². The van der Waals surface area contributed by atoms with Gasteiger partial charge in [0.1, 0.15) is 0 Å². The van der Waals surface area contributed by atoms with E-state index in [0.717, 1.165) is 27.9 Å². The highest BCUT2D eigenvalue weighted by Gasteiger charge is 2.15. The number of aryl methyl sites for hydroxylation is 3. The maximum absolute atomic E-state index is 12.5. The number of amides is 1. The number of carbonyl (C=O) groups excluding carboxylic acids is 1. The molecule has 0 unspecified atom stereocenters. The highest BCUT2D eigenvalue weighted by Crippen LogP contribution is 2.25. The largest absolute Gasteiger partial charge is 0.325 e. The Bertz CT molecular complexity index is 1200. The molecule has 1 amide bonds. The van der Waals surface area contributed by atoms with Crippen LogP contribution in [0, 0.1) is 27.7 Å². The summed E-state index contributed by atoms with van der Waals surface area (Å²) < 4.78 is 25.3. The molecule has 158 valence electrons. The average Bonchev–Trinajstić information content (AvgIpc) is 3.10. The van der Waals surface area contributed by atoms with Crippen LogP contribution in [0.2, 0.25) is 0 Å². The first-order valence-electron chi connectivity index (χ1n) is 9.23. The third-order valence-electron chi connectivity index (χ3n) is 4.67.